The summed E-state index contributed by atoms with van der Waals surface area (Å²) >= 11 is 0. The number of imide groups is 2. The van der Waals surface area contributed by atoms with Crippen molar-refractivity contribution in [2.45, 2.75) is 19.6 Å². The molecule has 0 spiro atoms. The summed E-state index contributed by atoms with van der Waals surface area (Å²) in [5.41, 5.74) is 1.91. The van der Waals surface area contributed by atoms with E-state index in [0.717, 1.165) is 9.80 Å². The standard InChI is InChI=1S/C50H28N2O10S2/c53-47-42-9-3-8-41-45(42)43-28-44-46(41)50(56)52(49(44)55)32-5-2-7-36(27-32)62-34-16-24-40(25-17-34)64(59,60)38-20-12-30(13-21-38)29-10-18-37(19-11-29)63(57,58)39-22-14-33(15-23-39)61-35-6-1-4-31(26-35)51(47)48(43)54/h1-28H. The maximum absolute atomic E-state index is 14.4. The average Bonchev–Trinajstić information content (AvgIpc) is 3.56. The first kappa shape index (κ1) is 38.7. The van der Waals surface area contributed by atoms with Gasteiger partial charge >= 0.3 is 0 Å². The van der Waals surface area contributed by atoms with Crippen LogP contribution in [0.4, 0.5) is 11.4 Å². The van der Waals surface area contributed by atoms with Crippen LogP contribution in [-0.2, 0) is 19.7 Å². The van der Waals surface area contributed by atoms with Crippen molar-refractivity contribution >= 4 is 65.5 Å². The number of hydrogen-bond donors (Lipinski definition) is 0. The smallest absolute Gasteiger partial charge is 0.266 e. The van der Waals surface area contributed by atoms with Gasteiger partial charge in [-0.15, -0.1) is 0 Å². The summed E-state index contributed by atoms with van der Waals surface area (Å²) in [6.45, 7) is 0. The minimum absolute atomic E-state index is 0.0117. The molecular formula is C50H28N2O10S2. The predicted octanol–water partition coefficient (Wildman–Crippen LogP) is 9.67. The number of ether oxygens (including phenoxy) is 2. The average molecular weight is 881 g/mol. The van der Waals surface area contributed by atoms with Crippen LogP contribution in [0, 0.1) is 0 Å². The molecule has 0 radical (unpaired) electrons. The second-order valence-electron chi connectivity index (χ2n) is 15.2. The molecule has 15 rings (SSSR count). The number of sulfone groups is 2. The number of fused-ring (bicyclic) bond motifs is 5. The Morgan fingerprint density at radius 2 is 0.766 bits per heavy atom. The van der Waals surface area contributed by atoms with Crippen molar-refractivity contribution in [2.24, 2.45) is 0 Å². The summed E-state index contributed by atoms with van der Waals surface area (Å²) < 4.78 is 66.8. The molecule has 0 saturated carbocycles. The Morgan fingerprint density at radius 3 is 1.25 bits per heavy atom. The minimum Gasteiger partial charge on any atom is -0.457 e. The first-order chi connectivity index (χ1) is 30.9. The third kappa shape index (κ3) is 6.02. The molecule has 0 fully saturated rings. The zero-order valence-electron chi connectivity index (χ0n) is 33.0. The number of hydrogen-bond acceptors (Lipinski definition) is 10. The van der Waals surface area contributed by atoms with Gasteiger partial charge in [-0.3, -0.25) is 19.2 Å². The Bertz CT molecular complexity index is 3590. The van der Waals surface area contributed by atoms with Gasteiger partial charge in [-0.2, -0.15) is 0 Å². The molecule has 0 N–H and O–H groups in total. The van der Waals surface area contributed by atoms with E-state index >= 15 is 0 Å². The topological polar surface area (TPSA) is 161 Å². The van der Waals surface area contributed by atoms with E-state index in [1.807, 2.05) is 0 Å². The van der Waals surface area contributed by atoms with Gasteiger partial charge < -0.3 is 9.47 Å². The number of anilines is 2. The predicted molar refractivity (Wildman–Crippen MR) is 235 cm³/mol. The van der Waals surface area contributed by atoms with Crippen LogP contribution in [0.1, 0.15) is 41.4 Å². The van der Waals surface area contributed by atoms with E-state index in [1.165, 1.54) is 91.0 Å². The SMILES string of the molecule is O=C1c2cc3c4c5cccc4c2C(=O)N1c1cccc(c1)Oc1ccc(cc1)S(=O)(=O)c1ccc(cc1)-c1ccc(cc1)S(=O)(=O)c1ccc(cc1)Oc1cccc(c1)N(C5=O)C3=O. The maximum atomic E-state index is 14.4. The van der Waals surface area contributed by atoms with Gasteiger partial charge in [-0.25, -0.2) is 26.6 Å². The monoisotopic (exact) mass is 880 g/mol. The van der Waals surface area contributed by atoms with Crippen LogP contribution in [0.2, 0.25) is 0 Å². The number of benzene rings is 8. The summed E-state index contributed by atoms with van der Waals surface area (Å²) in [4.78, 5) is 59.1. The van der Waals surface area contributed by atoms with Crippen molar-refractivity contribution in [3.8, 4) is 34.1 Å². The largest absolute Gasteiger partial charge is 0.457 e. The van der Waals surface area contributed by atoms with Crippen LogP contribution >= 0.6 is 0 Å². The first-order valence-electron chi connectivity index (χ1n) is 19.7. The molecule has 0 aliphatic carbocycles. The Balaban J connectivity index is 1.01. The summed E-state index contributed by atoms with van der Waals surface area (Å²) in [5.74, 6) is -1.66. The second-order valence-corrected chi connectivity index (χ2v) is 19.1. The molecule has 14 heteroatoms. The van der Waals surface area contributed by atoms with Crippen LogP contribution in [0.5, 0.6) is 23.0 Å². The lowest BCUT2D eigenvalue weighted by Crippen LogP contribution is -2.40. The molecule has 8 aromatic rings. The molecule has 0 saturated heterocycles. The molecule has 64 heavy (non-hydrogen) atoms. The van der Waals surface area contributed by atoms with Gasteiger partial charge in [-0.1, -0.05) is 48.5 Å². The normalized spacial score (nSPS) is 15.7. The van der Waals surface area contributed by atoms with Crippen LogP contribution in [0.15, 0.2) is 189 Å². The fourth-order valence-electron chi connectivity index (χ4n) is 8.30. The first-order valence-corrected chi connectivity index (χ1v) is 22.7. The van der Waals surface area contributed by atoms with Crippen LogP contribution in [0.25, 0.3) is 21.9 Å². The Morgan fingerprint density at radius 1 is 0.359 bits per heavy atom. The lowest BCUT2D eigenvalue weighted by atomic mass is 9.89. The summed E-state index contributed by atoms with van der Waals surface area (Å²) in [6, 6.07) is 42.7. The third-order valence-corrected chi connectivity index (χ3v) is 15.0. The van der Waals surface area contributed by atoms with Crippen molar-refractivity contribution in [1.82, 2.24) is 0 Å². The van der Waals surface area contributed by atoms with E-state index in [9.17, 15) is 36.0 Å². The highest BCUT2D eigenvalue weighted by Gasteiger charge is 2.43. The number of carbonyl (C=O) groups excluding carboxylic acids is 4. The summed E-state index contributed by atoms with van der Waals surface area (Å²) in [7, 11) is -7.91. The molecular weight excluding hydrogens is 853 g/mol. The lowest BCUT2D eigenvalue weighted by molar-refractivity contribution is 0.0888. The Labute approximate surface area is 365 Å². The maximum Gasteiger partial charge on any atom is 0.266 e. The molecule has 310 valence electrons. The lowest BCUT2D eigenvalue weighted by Gasteiger charge is -2.28. The van der Waals surface area contributed by atoms with Gasteiger partial charge in [0.1, 0.15) is 23.0 Å². The van der Waals surface area contributed by atoms with Gasteiger partial charge in [0.05, 0.1) is 42.1 Å². The Kier molecular flexibility index (Phi) is 8.57. The molecule has 7 aliphatic heterocycles. The third-order valence-electron chi connectivity index (χ3n) is 11.4. The van der Waals surface area contributed by atoms with E-state index in [0.29, 0.717) is 11.1 Å². The molecule has 0 atom stereocenters. The summed E-state index contributed by atoms with van der Waals surface area (Å²) in [5, 5.41) is 0.507. The van der Waals surface area contributed by atoms with Crippen molar-refractivity contribution in [2.75, 3.05) is 9.80 Å². The van der Waals surface area contributed by atoms with Crippen LogP contribution in [0.3, 0.4) is 0 Å². The molecule has 8 aromatic carbocycles. The number of carbonyl (C=O) groups is 4. The van der Waals surface area contributed by atoms with Gasteiger partial charge in [0.2, 0.25) is 19.7 Å². The molecule has 12 nitrogen and oxygen atoms in total. The van der Waals surface area contributed by atoms with E-state index in [-0.39, 0.29) is 87.0 Å². The van der Waals surface area contributed by atoms with Gasteiger partial charge in [0.25, 0.3) is 23.6 Å². The fraction of sp³-hybridized carbons (Fsp3) is 0. The fourth-order valence-corrected chi connectivity index (χ4v) is 10.8. The highest BCUT2D eigenvalue weighted by atomic mass is 32.2. The van der Waals surface area contributed by atoms with Gasteiger partial charge in [0.15, 0.2) is 0 Å². The molecule has 7 aliphatic rings. The number of rotatable bonds is 0. The van der Waals surface area contributed by atoms with Crippen molar-refractivity contribution in [3.63, 3.8) is 0 Å². The van der Waals surface area contributed by atoms with Crippen molar-refractivity contribution in [3.05, 3.63) is 192 Å². The van der Waals surface area contributed by atoms with Gasteiger partial charge in [-0.05, 0) is 126 Å². The molecule has 4 amide bonds. The highest BCUT2D eigenvalue weighted by Crippen LogP contribution is 2.42. The zero-order chi connectivity index (χ0) is 44.1. The van der Waals surface area contributed by atoms with E-state index in [4.69, 9.17) is 9.47 Å². The molecule has 0 unspecified atom stereocenters. The van der Waals surface area contributed by atoms with Crippen molar-refractivity contribution < 1.29 is 45.5 Å². The highest BCUT2D eigenvalue weighted by molar-refractivity contribution is 7.91. The van der Waals surface area contributed by atoms with E-state index in [1.54, 1.807) is 78.9 Å². The van der Waals surface area contributed by atoms with E-state index in [2.05, 4.69) is 0 Å². The zero-order valence-corrected chi connectivity index (χ0v) is 34.6. The van der Waals surface area contributed by atoms with Gasteiger partial charge in [0, 0.05) is 28.6 Å². The number of nitrogens with zero attached hydrogens (tertiary/aromatic N) is 2. The molecule has 16 bridgehead atoms. The van der Waals surface area contributed by atoms with Crippen molar-refractivity contribution in [1.29, 1.82) is 0 Å². The minimum atomic E-state index is -3.96. The molecule has 7 heterocycles. The summed E-state index contributed by atoms with van der Waals surface area (Å²) in [6.07, 6.45) is 0. The molecule has 0 aromatic heterocycles. The van der Waals surface area contributed by atoms with Crippen LogP contribution in [-0.4, -0.2) is 40.5 Å². The Hall–Kier alpha value is -8.20. The van der Waals surface area contributed by atoms with Crippen LogP contribution < -0.4 is 19.3 Å². The quantitative estimate of drug-likeness (QED) is 0.134. The van der Waals surface area contributed by atoms with E-state index < -0.39 is 43.3 Å². The number of amides is 4. The second kappa shape index (κ2) is 14.2.